The van der Waals surface area contributed by atoms with E-state index in [4.69, 9.17) is 9.47 Å². The number of hydrogen-bond acceptors (Lipinski definition) is 9. The number of rotatable bonds is 5. The SMILES string of the molecule is COC(=O)C1=C(C)NC2=C(C(=O)C[C@@H](c3cccs3)C2)[C@@H]1c1cc(OC)c(O)c([N+](=O)[O-])c1. The van der Waals surface area contributed by atoms with Crippen LogP contribution in [0, 0.1) is 10.1 Å². The number of nitro groups is 1. The molecule has 2 heterocycles. The number of phenolic OH excluding ortho intramolecular Hbond substituents is 1. The Morgan fingerprint density at radius 1 is 1.30 bits per heavy atom. The molecule has 0 radical (unpaired) electrons. The Bertz CT molecular complexity index is 1210. The van der Waals surface area contributed by atoms with Gasteiger partial charge in [-0.25, -0.2) is 4.79 Å². The highest BCUT2D eigenvalue weighted by Gasteiger charge is 2.42. The Morgan fingerprint density at radius 2 is 2.06 bits per heavy atom. The van der Waals surface area contributed by atoms with E-state index in [0.29, 0.717) is 23.4 Å². The van der Waals surface area contributed by atoms with Gasteiger partial charge < -0.3 is 19.9 Å². The number of nitro benzene ring substituents is 1. The summed E-state index contributed by atoms with van der Waals surface area (Å²) in [5.74, 6) is -2.46. The summed E-state index contributed by atoms with van der Waals surface area (Å²) < 4.78 is 10.1. The second-order valence-electron chi connectivity index (χ2n) is 7.87. The molecule has 9 nitrogen and oxygen atoms in total. The highest BCUT2D eigenvalue weighted by molar-refractivity contribution is 7.10. The average molecular weight is 471 g/mol. The highest BCUT2D eigenvalue weighted by Crippen LogP contribution is 2.49. The molecular formula is C23H22N2O7S. The molecule has 4 rings (SSSR count). The van der Waals surface area contributed by atoms with Gasteiger partial charge in [-0.3, -0.25) is 14.9 Å². The molecule has 0 unspecified atom stereocenters. The lowest BCUT2D eigenvalue weighted by molar-refractivity contribution is -0.386. The summed E-state index contributed by atoms with van der Waals surface area (Å²) >= 11 is 1.58. The third-order valence-corrected chi connectivity index (χ3v) is 7.04. The van der Waals surface area contributed by atoms with Crippen LogP contribution in [-0.2, 0) is 14.3 Å². The van der Waals surface area contributed by atoms with Crippen molar-refractivity contribution in [2.75, 3.05) is 14.2 Å². The van der Waals surface area contributed by atoms with Gasteiger partial charge in [-0.2, -0.15) is 0 Å². The Labute approximate surface area is 193 Å². The van der Waals surface area contributed by atoms with Crippen LogP contribution in [0.2, 0.25) is 0 Å². The van der Waals surface area contributed by atoms with Gasteiger partial charge in [-0.15, -0.1) is 11.3 Å². The average Bonchev–Trinajstić information content (AvgIpc) is 3.32. The number of methoxy groups -OCH3 is 2. The van der Waals surface area contributed by atoms with E-state index in [0.717, 1.165) is 4.88 Å². The molecule has 0 bridgehead atoms. The molecule has 2 aromatic rings. The van der Waals surface area contributed by atoms with Crippen molar-refractivity contribution in [3.8, 4) is 11.5 Å². The maximum absolute atomic E-state index is 13.4. The second-order valence-corrected chi connectivity index (χ2v) is 8.85. The molecule has 33 heavy (non-hydrogen) atoms. The van der Waals surface area contributed by atoms with Gasteiger partial charge in [0, 0.05) is 46.2 Å². The van der Waals surface area contributed by atoms with E-state index in [-0.39, 0.29) is 35.0 Å². The van der Waals surface area contributed by atoms with Gasteiger partial charge in [0.1, 0.15) is 0 Å². The van der Waals surface area contributed by atoms with E-state index in [2.05, 4.69) is 5.32 Å². The molecule has 1 aliphatic carbocycles. The van der Waals surface area contributed by atoms with Crippen molar-refractivity contribution in [3.05, 3.63) is 72.7 Å². The molecule has 0 spiro atoms. The Morgan fingerprint density at radius 3 is 2.67 bits per heavy atom. The third-order valence-electron chi connectivity index (χ3n) is 6.01. The first-order chi connectivity index (χ1) is 15.8. The molecule has 0 saturated heterocycles. The Balaban J connectivity index is 1.91. The number of Topliss-reactive ketones (excluding diaryl/α,β-unsaturated/α-hetero) is 1. The lowest BCUT2D eigenvalue weighted by Crippen LogP contribution is -2.35. The number of esters is 1. The minimum absolute atomic E-state index is 0.000525. The van der Waals surface area contributed by atoms with Crippen molar-refractivity contribution >= 4 is 28.8 Å². The summed E-state index contributed by atoms with van der Waals surface area (Å²) in [5, 5.41) is 27.0. The van der Waals surface area contributed by atoms with Gasteiger partial charge in [0.05, 0.1) is 24.7 Å². The Hall–Kier alpha value is -3.66. The van der Waals surface area contributed by atoms with Crippen LogP contribution >= 0.6 is 11.3 Å². The summed E-state index contributed by atoms with van der Waals surface area (Å²) in [4.78, 5) is 38.1. The van der Waals surface area contributed by atoms with Gasteiger partial charge in [-0.05, 0) is 36.4 Å². The van der Waals surface area contributed by atoms with Crippen LogP contribution in [0.1, 0.15) is 42.0 Å². The fraction of sp³-hybridized carbons (Fsp3) is 0.304. The van der Waals surface area contributed by atoms with E-state index in [1.54, 1.807) is 18.3 Å². The molecule has 2 aliphatic rings. The zero-order valence-electron chi connectivity index (χ0n) is 18.2. The van der Waals surface area contributed by atoms with E-state index >= 15 is 0 Å². The predicted octanol–water partition coefficient (Wildman–Crippen LogP) is 3.91. The number of dihydropyridines is 1. The quantitative estimate of drug-likeness (QED) is 0.382. The number of benzene rings is 1. The third kappa shape index (κ3) is 3.86. The topological polar surface area (TPSA) is 128 Å². The van der Waals surface area contributed by atoms with Gasteiger partial charge in [0.15, 0.2) is 11.5 Å². The highest BCUT2D eigenvalue weighted by atomic mass is 32.1. The van der Waals surface area contributed by atoms with Gasteiger partial charge in [0.2, 0.25) is 5.75 Å². The summed E-state index contributed by atoms with van der Waals surface area (Å²) in [7, 11) is 2.51. The summed E-state index contributed by atoms with van der Waals surface area (Å²) in [6.45, 7) is 1.70. The normalized spacial score (nSPS) is 20.3. The Kier molecular flexibility index (Phi) is 5.94. The fourth-order valence-corrected chi connectivity index (χ4v) is 5.38. The van der Waals surface area contributed by atoms with Crippen LogP contribution in [0.25, 0.3) is 0 Å². The molecule has 0 saturated carbocycles. The number of nitrogens with zero attached hydrogens (tertiary/aromatic N) is 1. The number of allylic oxidation sites excluding steroid dienone is 3. The molecule has 0 fully saturated rings. The number of phenols is 1. The number of ketones is 1. The van der Waals surface area contributed by atoms with E-state index in [1.807, 2.05) is 17.5 Å². The molecule has 10 heteroatoms. The van der Waals surface area contributed by atoms with Crippen molar-refractivity contribution in [1.29, 1.82) is 0 Å². The first-order valence-electron chi connectivity index (χ1n) is 10.2. The number of carbonyl (C=O) groups excluding carboxylic acids is 2. The number of nitrogens with one attached hydrogen (secondary N) is 1. The summed E-state index contributed by atoms with van der Waals surface area (Å²) in [6.07, 6.45) is 0.809. The van der Waals surface area contributed by atoms with Crippen LogP contribution < -0.4 is 10.1 Å². The number of aromatic hydroxyl groups is 1. The molecule has 0 amide bonds. The number of hydrogen-bond donors (Lipinski definition) is 2. The minimum Gasteiger partial charge on any atom is -0.500 e. The van der Waals surface area contributed by atoms with Crippen molar-refractivity contribution < 1.29 is 29.1 Å². The molecule has 1 aromatic heterocycles. The molecule has 1 aromatic carbocycles. The van der Waals surface area contributed by atoms with Crippen molar-refractivity contribution in [3.63, 3.8) is 0 Å². The van der Waals surface area contributed by atoms with Crippen LogP contribution in [-0.4, -0.2) is 36.0 Å². The number of thiophene rings is 1. The lowest BCUT2D eigenvalue weighted by atomic mass is 9.72. The first-order valence-corrected chi connectivity index (χ1v) is 11.1. The predicted molar refractivity (Wildman–Crippen MR) is 120 cm³/mol. The maximum atomic E-state index is 13.4. The van der Waals surface area contributed by atoms with Crippen molar-refractivity contribution in [2.45, 2.75) is 31.6 Å². The van der Waals surface area contributed by atoms with Crippen LogP contribution in [0.15, 0.2) is 52.2 Å². The van der Waals surface area contributed by atoms with E-state index < -0.39 is 28.2 Å². The minimum atomic E-state index is -0.904. The zero-order chi connectivity index (χ0) is 23.9. The van der Waals surface area contributed by atoms with Crippen molar-refractivity contribution in [1.82, 2.24) is 5.32 Å². The molecule has 172 valence electrons. The smallest absolute Gasteiger partial charge is 0.336 e. The van der Waals surface area contributed by atoms with Crippen molar-refractivity contribution in [2.24, 2.45) is 0 Å². The second kappa shape index (κ2) is 8.70. The van der Waals surface area contributed by atoms with Gasteiger partial charge in [0.25, 0.3) is 0 Å². The number of carbonyl (C=O) groups is 2. The molecule has 2 N–H and O–H groups in total. The largest absolute Gasteiger partial charge is 0.500 e. The van der Waals surface area contributed by atoms with Crippen LogP contribution in [0.4, 0.5) is 5.69 Å². The van der Waals surface area contributed by atoms with Gasteiger partial charge in [-0.1, -0.05) is 6.07 Å². The van der Waals surface area contributed by atoms with Crippen LogP contribution in [0.3, 0.4) is 0 Å². The molecule has 2 atom stereocenters. The zero-order valence-corrected chi connectivity index (χ0v) is 19.0. The van der Waals surface area contributed by atoms with E-state index in [9.17, 15) is 24.8 Å². The van der Waals surface area contributed by atoms with Crippen LogP contribution in [0.5, 0.6) is 11.5 Å². The fourth-order valence-electron chi connectivity index (χ4n) is 4.55. The molecular weight excluding hydrogens is 448 g/mol. The number of ether oxygens (including phenoxy) is 2. The maximum Gasteiger partial charge on any atom is 0.336 e. The monoisotopic (exact) mass is 470 g/mol. The van der Waals surface area contributed by atoms with Gasteiger partial charge >= 0.3 is 11.7 Å². The first kappa shape index (κ1) is 22.5. The molecule has 1 aliphatic heterocycles. The summed E-state index contributed by atoms with van der Waals surface area (Å²) in [6, 6.07) is 6.52. The van der Waals surface area contributed by atoms with E-state index in [1.165, 1.54) is 26.4 Å². The standard InChI is InChI=1S/C23H22N2O7S/c1-11-19(23(28)32-3)20(13-8-15(25(29)30)22(27)17(10-13)31-2)21-14(24-11)7-12(9-16(21)26)18-5-4-6-33-18/h4-6,8,10,12,20,24,27H,7,9H2,1-3H3/t12-,20+/m0/s1. The summed E-state index contributed by atoms with van der Waals surface area (Å²) in [5.41, 5.74) is 1.44. The lowest BCUT2D eigenvalue weighted by Gasteiger charge is -2.36.